The number of ether oxygens (including phenoxy) is 1. The number of amides is 1. The molecule has 0 aromatic rings. The zero-order valence-corrected chi connectivity index (χ0v) is 14.9. The van der Waals surface area contributed by atoms with Crippen molar-refractivity contribution < 1.29 is 9.53 Å². The third-order valence-corrected chi connectivity index (χ3v) is 5.08. The van der Waals surface area contributed by atoms with E-state index in [-0.39, 0.29) is 11.9 Å². The van der Waals surface area contributed by atoms with E-state index in [9.17, 15) is 4.79 Å². The molecule has 2 aliphatic rings. The van der Waals surface area contributed by atoms with Gasteiger partial charge in [-0.2, -0.15) is 0 Å². The second kappa shape index (κ2) is 10.1. The Balaban J connectivity index is 1.63. The number of nitrogens with one attached hydrogen (secondary N) is 1. The Hall–Kier alpha value is -0.910. The Bertz CT molecular complexity index is 390. The number of allylic oxidation sites excluding steroid dienone is 1. The Morgan fingerprint density at radius 3 is 2.74 bits per heavy atom. The second-order valence-electron chi connectivity index (χ2n) is 6.70. The molecule has 0 radical (unpaired) electrons. The van der Waals surface area contributed by atoms with Crippen molar-refractivity contribution in [2.45, 2.75) is 45.1 Å². The first-order valence-corrected chi connectivity index (χ1v) is 9.11. The van der Waals surface area contributed by atoms with E-state index in [0.717, 1.165) is 52.3 Å². The lowest BCUT2D eigenvalue weighted by Gasteiger charge is -2.37. The summed E-state index contributed by atoms with van der Waals surface area (Å²) < 4.78 is 5.13. The topological polar surface area (TPSA) is 44.8 Å². The average Bonchev–Trinajstić information content (AvgIpc) is 2.60. The van der Waals surface area contributed by atoms with E-state index >= 15 is 0 Å². The molecular formula is C18H33N3O2. The fraction of sp³-hybridized carbons (Fsp3) is 0.833. The van der Waals surface area contributed by atoms with Gasteiger partial charge in [0.15, 0.2) is 0 Å². The zero-order chi connectivity index (χ0) is 16.5. The smallest absolute Gasteiger partial charge is 0.237 e. The van der Waals surface area contributed by atoms with Gasteiger partial charge < -0.3 is 10.1 Å². The van der Waals surface area contributed by atoms with Crippen molar-refractivity contribution in [2.75, 3.05) is 53.0 Å². The maximum absolute atomic E-state index is 12.3. The Labute approximate surface area is 141 Å². The third kappa shape index (κ3) is 6.24. The number of methoxy groups -OCH3 is 1. The van der Waals surface area contributed by atoms with Crippen LogP contribution in [-0.4, -0.2) is 74.7 Å². The van der Waals surface area contributed by atoms with Crippen LogP contribution < -0.4 is 5.32 Å². The minimum atomic E-state index is -0.0279. The first-order chi connectivity index (χ1) is 11.2. The normalized spacial score (nSPS) is 21.7. The van der Waals surface area contributed by atoms with Gasteiger partial charge in [-0.1, -0.05) is 11.6 Å². The van der Waals surface area contributed by atoms with Crippen molar-refractivity contribution in [3.05, 3.63) is 11.6 Å². The summed E-state index contributed by atoms with van der Waals surface area (Å²) >= 11 is 0. The molecule has 0 spiro atoms. The summed E-state index contributed by atoms with van der Waals surface area (Å²) in [5.41, 5.74) is 1.52. The van der Waals surface area contributed by atoms with Crippen molar-refractivity contribution in [1.82, 2.24) is 15.1 Å². The summed E-state index contributed by atoms with van der Waals surface area (Å²) in [4.78, 5) is 17.0. The highest BCUT2D eigenvalue weighted by molar-refractivity contribution is 5.81. The van der Waals surface area contributed by atoms with Crippen LogP contribution in [0.3, 0.4) is 0 Å². The van der Waals surface area contributed by atoms with Crippen LogP contribution in [0.1, 0.15) is 39.0 Å². The van der Waals surface area contributed by atoms with Crippen LogP contribution >= 0.6 is 0 Å². The highest BCUT2D eigenvalue weighted by Crippen LogP contribution is 2.19. The lowest BCUT2D eigenvalue weighted by atomic mass is 9.97. The van der Waals surface area contributed by atoms with Gasteiger partial charge in [0, 0.05) is 46.4 Å². The maximum Gasteiger partial charge on any atom is 0.237 e. The Morgan fingerprint density at radius 1 is 1.30 bits per heavy atom. The zero-order valence-electron chi connectivity index (χ0n) is 14.9. The molecule has 1 heterocycles. The number of piperazine rings is 1. The molecule has 1 N–H and O–H groups in total. The molecule has 23 heavy (non-hydrogen) atoms. The van der Waals surface area contributed by atoms with Crippen LogP contribution in [0.15, 0.2) is 11.6 Å². The number of hydrogen-bond donors (Lipinski definition) is 1. The van der Waals surface area contributed by atoms with E-state index in [0.29, 0.717) is 0 Å². The molecule has 1 atom stereocenters. The van der Waals surface area contributed by atoms with E-state index in [4.69, 9.17) is 4.74 Å². The van der Waals surface area contributed by atoms with Crippen molar-refractivity contribution in [1.29, 1.82) is 0 Å². The summed E-state index contributed by atoms with van der Waals surface area (Å²) in [7, 11) is 1.74. The van der Waals surface area contributed by atoms with E-state index in [1.807, 2.05) is 6.92 Å². The molecular weight excluding hydrogens is 290 g/mol. The first kappa shape index (κ1) is 18.4. The Kier molecular flexibility index (Phi) is 8.06. The predicted molar refractivity (Wildman–Crippen MR) is 93.5 cm³/mol. The highest BCUT2D eigenvalue weighted by Gasteiger charge is 2.25. The van der Waals surface area contributed by atoms with Gasteiger partial charge in [-0.15, -0.1) is 0 Å². The van der Waals surface area contributed by atoms with E-state index in [1.165, 1.54) is 31.3 Å². The number of rotatable bonds is 8. The molecule has 132 valence electrons. The molecule has 0 aromatic carbocycles. The molecule has 5 nitrogen and oxygen atoms in total. The number of carbonyl (C=O) groups is 1. The molecule has 1 aliphatic carbocycles. The summed E-state index contributed by atoms with van der Waals surface area (Å²) in [6.45, 7) is 8.55. The highest BCUT2D eigenvalue weighted by atomic mass is 16.5. The van der Waals surface area contributed by atoms with Gasteiger partial charge in [-0.25, -0.2) is 0 Å². The quantitative estimate of drug-likeness (QED) is 0.690. The molecule has 2 rings (SSSR count). The third-order valence-electron chi connectivity index (χ3n) is 5.08. The number of hydrogen-bond acceptors (Lipinski definition) is 4. The fourth-order valence-corrected chi connectivity index (χ4v) is 3.39. The molecule has 1 unspecified atom stereocenters. The van der Waals surface area contributed by atoms with E-state index in [1.54, 1.807) is 7.11 Å². The monoisotopic (exact) mass is 323 g/mol. The van der Waals surface area contributed by atoms with Crippen LogP contribution in [0.25, 0.3) is 0 Å². The van der Waals surface area contributed by atoms with Crippen LogP contribution in [0, 0.1) is 0 Å². The standard InChI is InChI=1S/C18H33N3O2/c1-16(21-12-10-20(11-13-21)14-15-23-2)18(22)19-9-8-17-6-4-3-5-7-17/h6,16H,3-5,7-15H2,1-2H3,(H,19,22). The van der Waals surface area contributed by atoms with Gasteiger partial charge in [0.1, 0.15) is 0 Å². The van der Waals surface area contributed by atoms with Crippen LogP contribution in [0.4, 0.5) is 0 Å². The molecule has 1 aliphatic heterocycles. The van der Waals surface area contributed by atoms with Crippen LogP contribution in [-0.2, 0) is 9.53 Å². The summed E-state index contributed by atoms with van der Waals surface area (Å²) in [6.07, 6.45) is 8.44. The Morgan fingerprint density at radius 2 is 2.09 bits per heavy atom. The van der Waals surface area contributed by atoms with Gasteiger partial charge in [-0.05, 0) is 39.0 Å². The van der Waals surface area contributed by atoms with E-state index < -0.39 is 0 Å². The molecule has 0 bridgehead atoms. The van der Waals surface area contributed by atoms with Gasteiger partial charge in [0.2, 0.25) is 5.91 Å². The van der Waals surface area contributed by atoms with Gasteiger partial charge in [0.05, 0.1) is 12.6 Å². The van der Waals surface area contributed by atoms with Crippen molar-refractivity contribution in [2.24, 2.45) is 0 Å². The van der Waals surface area contributed by atoms with Gasteiger partial charge in [-0.3, -0.25) is 14.6 Å². The molecule has 1 amide bonds. The van der Waals surface area contributed by atoms with Gasteiger partial charge >= 0.3 is 0 Å². The predicted octanol–water partition coefficient (Wildman–Crippen LogP) is 1.65. The molecule has 0 aromatic heterocycles. The average molecular weight is 323 g/mol. The summed E-state index contributed by atoms with van der Waals surface area (Å²) in [5, 5.41) is 3.12. The minimum Gasteiger partial charge on any atom is -0.383 e. The lowest BCUT2D eigenvalue weighted by molar-refractivity contribution is -0.126. The molecule has 0 saturated carbocycles. The summed E-state index contributed by atoms with van der Waals surface area (Å²) in [5.74, 6) is 0.173. The molecule has 5 heteroatoms. The van der Waals surface area contributed by atoms with Gasteiger partial charge in [0.25, 0.3) is 0 Å². The SMILES string of the molecule is COCCN1CCN(C(C)C(=O)NCCC2=CCCCC2)CC1. The number of nitrogens with zero attached hydrogens (tertiary/aromatic N) is 2. The number of carbonyl (C=O) groups excluding carboxylic acids is 1. The maximum atomic E-state index is 12.3. The second-order valence-corrected chi connectivity index (χ2v) is 6.70. The van der Waals surface area contributed by atoms with Crippen LogP contribution in [0.2, 0.25) is 0 Å². The largest absolute Gasteiger partial charge is 0.383 e. The first-order valence-electron chi connectivity index (χ1n) is 9.11. The fourth-order valence-electron chi connectivity index (χ4n) is 3.39. The molecule has 1 saturated heterocycles. The van der Waals surface area contributed by atoms with E-state index in [2.05, 4.69) is 21.2 Å². The van der Waals surface area contributed by atoms with Crippen molar-refractivity contribution >= 4 is 5.91 Å². The summed E-state index contributed by atoms with van der Waals surface area (Å²) in [6, 6.07) is -0.0279. The van der Waals surface area contributed by atoms with Crippen LogP contribution in [0.5, 0.6) is 0 Å². The molecule has 1 fully saturated rings. The minimum absolute atomic E-state index is 0.0279. The van der Waals surface area contributed by atoms with Crippen molar-refractivity contribution in [3.8, 4) is 0 Å². The van der Waals surface area contributed by atoms with Crippen molar-refractivity contribution in [3.63, 3.8) is 0 Å². The lowest BCUT2D eigenvalue weighted by Crippen LogP contribution is -2.54.